The second-order valence-corrected chi connectivity index (χ2v) is 5.06. The van der Waals surface area contributed by atoms with E-state index in [1.807, 2.05) is 0 Å². The standard InChI is InChI=1S/C12H22/c1-6-9(2)10(3)7-11-8-12(11,4)5/h6,10-11H,7-8H2,1-5H3. The molecule has 1 rings (SSSR count). The van der Waals surface area contributed by atoms with Crippen molar-refractivity contribution in [2.24, 2.45) is 17.3 Å². The van der Waals surface area contributed by atoms with Gasteiger partial charge >= 0.3 is 0 Å². The van der Waals surface area contributed by atoms with Crippen molar-refractivity contribution in [3.8, 4) is 0 Å². The molecule has 12 heavy (non-hydrogen) atoms. The lowest BCUT2D eigenvalue weighted by atomic mass is 9.93. The normalized spacial score (nSPS) is 30.1. The van der Waals surface area contributed by atoms with E-state index in [0.29, 0.717) is 5.41 Å². The van der Waals surface area contributed by atoms with E-state index < -0.39 is 0 Å². The molecule has 70 valence electrons. The number of rotatable bonds is 3. The van der Waals surface area contributed by atoms with Crippen molar-refractivity contribution in [1.82, 2.24) is 0 Å². The van der Waals surface area contributed by atoms with Crippen LogP contribution in [0.25, 0.3) is 0 Å². The van der Waals surface area contributed by atoms with Crippen molar-refractivity contribution >= 4 is 0 Å². The van der Waals surface area contributed by atoms with Crippen LogP contribution >= 0.6 is 0 Å². The highest BCUT2D eigenvalue weighted by Gasteiger charge is 2.45. The Labute approximate surface area is 77.1 Å². The van der Waals surface area contributed by atoms with Gasteiger partial charge in [0.25, 0.3) is 0 Å². The highest BCUT2D eigenvalue weighted by Crippen LogP contribution is 2.55. The predicted molar refractivity (Wildman–Crippen MR) is 55.1 cm³/mol. The molecule has 1 fully saturated rings. The number of allylic oxidation sites excluding steroid dienone is 2. The number of hydrogen-bond donors (Lipinski definition) is 0. The highest BCUT2D eigenvalue weighted by molar-refractivity contribution is 5.04. The molecular formula is C12H22. The summed E-state index contributed by atoms with van der Waals surface area (Å²) in [5, 5.41) is 0. The first-order valence-electron chi connectivity index (χ1n) is 5.10. The zero-order chi connectivity index (χ0) is 9.35. The molecule has 0 spiro atoms. The van der Waals surface area contributed by atoms with Crippen molar-refractivity contribution in [1.29, 1.82) is 0 Å². The van der Waals surface area contributed by atoms with E-state index in [4.69, 9.17) is 0 Å². The van der Waals surface area contributed by atoms with Crippen LogP contribution < -0.4 is 0 Å². The Kier molecular flexibility index (Phi) is 2.65. The summed E-state index contributed by atoms with van der Waals surface area (Å²) < 4.78 is 0. The Balaban J connectivity index is 2.34. The van der Waals surface area contributed by atoms with Gasteiger partial charge in [0.15, 0.2) is 0 Å². The fourth-order valence-corrected chi connectivity index (χ4v) is 1.88. The average molecular weight is 166 g/mol. The van der Waals surface area contributed by atoms with Gasteiger partial charge in [0.1, 0.15) is 0 Å². The van der Waals surface area contributed by atoms with Crippen LogP contribution in [0.5, 0.6) is 0 Å². The molecule has 0 bridgehead atoms. The average Bonchev–Trinajstić information content (AvgIpc) is 2.57. The zero-order valence-electron chi connectivity index (χ0n) is 9.15. The van der Waals surface area contributed by atoms with Gasteiger partial charge in [-0.15, -0.1) is 0 Å². The molecule has 0 aliphatic heterocycles. The van der Waals surface area contributed by atoms with Gasteiger partial charge in [0, 0.05) is 0 Å². The van der Waals surface area contributed by atoms with Crippen molar-refractivity contribution in [2.75, 3.05) is 0 Å². The molecule has 0 nitrogen and oxygen atoms in total. The Morgan fingerprint density at radius 3 is 2.42 bits per heavy atom. The molecule has 1 aliphatic carbocycles. The van der Waals surface area contributed by atoms with Gasteiger partial charge in [-0.3, -0.25) is 0 Å². The van der Waals surface area contributed by atoms with Gasteiger partial charge in [-0.25, -0.2) is 0 Å². The summed E-state index contributed by atoms with van der Waals surface area (Å²) in [4.78, 5) is 0. The fourth-order valence-electron chi connectivity index (χ4n) is 1.88. The van der Waals surface area contributed by atoms with Gasteiger partial charge in [-0.1, -0.05) is 32.4 Å². The second-order valence-electron chi connectivity index (χ2n) is 5.06. The van der Waals surface area contributed by atoms with Gasteiger partial charge in [-0.2, -0.15) is 0 Å². The van der Waals surface area contributed by atoms with E-state index in [9.17, 15) is 0 Å². The van der Waals surface area contributed by atoms with Crippen LogP contribution in [0.2, 0.25) is 0 Å². The summed E-state index contributed by atoms with van der Waals surface area (Å²) in [7, 11) is 0. The minimum atomic E-state index is 0.655. The van der Waals surface area contributed by atoms with E-state index in [2.05, 4.69) is 40.7 Å². The van der Waals surface area contributed by atoms with Crippen LogP contribution in [-0.2, 0) is 0 Å². The van der Waals surface area contributed by atoms with Crippen molar-refractivity contribution in [2.45, 2.75) is 47.5 Å². The molecule has 0 saturated heterocycles. The van der Waals surface area contributed by atoms with Gasteiger partial charge in [-0.05, 0) is 43.9 Å². The maximum Gasteiger partial charge on any atom is -0.0232 e. The van der Waals surface area contributed by atoms with Crippen molar-refractivity contribution in [3.63, 3.8) is 0 Å². The Hall–Kier alpha value is -0.260. The third-order valence-electron chi connectivity index (χ3n) is 3.59. The van der Waals surface area contributed by atoms with E-state index in [1.54, 1.807) is 5.57 Å². The van der Waals surface area contributed by atoms with Gasteiger partial charge < -0.3 is 0 Å². The molecule has 2 atom stereocenters. The van der Waals surface area contributed by atoms with Crippen molar-refractivity contribution in [3.05, 3.63) is 11.6 Å². The first-order chi connectivity index (χ1) is 5.47. The molecule has 0 aromatic rings. The summed E-state index contributed by atoms with van der Waals surface area (Å²) in [6, 6.07) is 0. The Morgan fingerprint density at radius 2 is 2.08 bits per heavy atom. The smallest absolute Gasteiger partial charge is 0.0232 e. The first kappa shape index (κ1) is 9.83. The fraction of sp³-hybridized carbons (Fsp3) is 0.833. The molecular weight excluding hydrogens is 144 g/mol. The lowest BCUT2D eigenvalue weighted by Crippen LogP contribution is -2.00. The van der Waals surface area contributed by atoms with Gasteiger partial charge in [0.2, 0.25) is 0 Å². The summed E-state index contributed by atoms with van der Waals surface area (Å²) in [6.07, 6.45) is 5.08. The minimum absolute atomic E-state index is 0.655. The molecule has 0 amide bonds. The maximum atomic E-state index is 2.38. The molecule has 2 unspecified atom stereocenters. The van der Waals surface area contributed by atoms with Crippen LogP contribution in [-0.4, -0.2) is 0 Å². The van der Waals surface area contributed by atoms with Crippen molar-refractivity contribution < 1.29 is 0 Å². The lowest BCUT2D eigenvalue weighted by Gasteiger charge is -2.12. The zero-order valence-corrected chi connectivity index (χ0v) is 9.15. The largest absolute Gasteiger partial charge is 0.0885 e. The molecule has 0 heteroatoms. The maximum absolute atomic E-state index is 2.38. The summed E-state index contributed by atoms with van der Waals surface area (Å²) in [5.41, 5.74) is 2.21. The quantitative estimate of drug-likeness (QED) is 0.555. The molecule has 0 N–H and O–H groups in total. The molecule has 1 aliphatic rings. The van der Waals surface area contributed by atoms with Crippen LogP contribution in [0.4, 0.5) is 0 Å². The molecule has 0 radical (unpaired) electrons. The molecule has 0 aromatic heterocycles. The minimum Gasteiger partial charge on any atom is -0.0885 e. The van der Waals surface area contributed by atoms with E-state index in [1.165, 1.54) is 12.8 Å². The van der Waals surface area contributed by atoms with Crippen LogP contribution in [0.3, 0.4) is 0 Å². The summed E-state index contributed by atoms with van der Waals surface area (Å²) in [6.45, 7) is 11.5. The Morgan fingerprint density at radius 1 is 1.58 bits per heavy atom. The molecule has 0 heterocycles. The van der Waals surface area contributed by atoms with Crippen LogP contribution in [0.1, 0.15) is 47.5 Å². The van der Waals surface area contributed by atoms with Crippen LogP contribution in [0.15, 0.2) is 11.6 Å². The third-order valence-corrected chi connectivity index (χ3v) is 3.59. The predicted octanol–water partition coefficient (Wildman–Crippen LogP) is 4.02. The van der Waals surface area contributed by atoms with E-state index in [-0.39, 0.29) is 0 Å². The summed E-state index contributed by atoms with van der Waals surface area (Å²) in [5.74, 6) is 1.78. The highest BCUT2D eigenvalue weighted by atomic mass is 14.5. The SMILES string of the molecule is CC=C(C)C(C)CC1CC1(C)C. The summed E-state index contributed by atoms with van der Waals surface area (Å²) >= 11 is 0. The topological polar surface area (TPSA) is 0 Å². The van der Waals surface area contributed by atoms with E-state index in [0.717, 1.165) is 11.8 Å². The number of hydrogen-bond acceptors (Lipinski definition) is 0. The molecule has 0 aromatic carbocycles. The molecule has 1 saturated carbocycles. The monoisotopic (exact) mass is 166 g/mol. The van der Waals surface area contributed by atoms with E-state index >= 15 is 0 Å². The van der Waals surface area contributed by atoms with Crippen LogP contribution in [0, 0.1) is 17.3 Å². The third kappa shape index (κ3) is 2.12. The Bertz CT molecular complexity index is 186. The lowest BCUT2D eigenvalue weighted by molar-refractivity contribution is 0.474. The first-order valence-corrected chi connectivity index (χ1v) is 5.10. The second kappa shape index (κ2) is 3.24. The van der Waals surface area contributed by atoms with Gasteiger partial charge in [0.05, 0.1) is 0 Å².